The Kier molecular flexibility index (Phi) is 8.18. The fourth-order valence-electron chi connectivity index (χ4n) is 3.50. The van der Waals surface area contributed by atoms with E-state index in [-0.39, 0.29) is 55.4 Å². The van der Waals surface area contributed by atoms with E-state index in [0.717, 1.165) is 6.07 Å². The first-order chi connectivity index (χ1) is 16.7. The van der Waals surface area contributed by atoms with Gasteiger partial charge >= 0.3 is 11.9 Å². The number of carbonyl (C=O) groups excluding carboxylic acids is 3. The first-order valence-electron chi connectivity index (χ1n) is 11.0. The van der Waals surface area contributed by atoms with Crippen molar-refractivity contribution in [1.29, 1.82) is 0 Å². The van der Waals surface area contributed by atoms with Crippen LogP contribution in [0.5, 0.6) is 5.88 Å². The van der Waals surface area contributed by atoms with E-state index in [1.54, 1.807) is 20.0 Å². The number of nitrogen functional groups attached to an aromatic ring is 1. The zero-order chi connectivity index (χ0) is 25.5. The minimum atomic E-state index is -1.10. The molecule has 0 aliphatic carbocycles. The lowest BCUT2D eigenvalue weighted by atomic mass is 10.0. The molecule has 5 N–H and O–H groups in total. The number of aromatic amines is 1. The zero-order valence-electron chi connectivity index (χ0n) is 19.3. The lowest BCUT2D eigenvalue weighted by Crippen LogP contribution is -2.42. The van der Waals surface area contributed by atoms with Gasteiger partial charge in [0.2, 0.25) is 11.8 Å². The Morgan fingerprint density at radius 3 is 2.60 bits per heavy atom. The molecule has 186 valence electrons. The van der Waals surface area contributed by atoms with Crippen LogP contribution in [-0.2, 0) is 25.5 Å². The van der Waals surface area contributed by atoms with Gasteiger partial charge < -0.3 is 30.6 Å². The number of rotatable bonds is 10. The Labute approximate surface area is 199 Å². The molecule has 1 amide bonds. The number of amides is 1. The van der Waals surface area contributed by atoms with Crippen LogP contribution >= 0.6 is 0 Å². The van der Waals surface area contributed by atoms with Crippen molar-refractivity contribution in [3.63, 3.8) is 0 Å². The Morgan fingerprint density at radius 1 is 1.17 bits per heavy atom. The number of nitrogens with two attached hydrogens (primary N) is 1. The fourth-order valence-corrected chi connectivity index (χ4v) is 3.50. The number of esters is 2. The van der Waals surface area contributed by atoms with Crippen molar-refractivity contribution in [3.8, 4) is 5.88 Å². The van der Waals surface area contributed by atoms with Crippen LogP contribution in [0, 0.1) is 5.82 Å². The van der Waals surface area contributed by atoms with Gasteiger partial charge in [0.25, 0.3) is 5.91 Å². The summed E-state index contributed by atoms with van der Waals surface area (Å²) in [6, 6.07) is 2.78. The maximum absolute atomic E-state index is 14.9. The number of hydrogen-bond donors (Lipinski definition) is 4. The quantitative estimate of drug-likeness (QED) is 0.312. The zero-order valence-corrected chi connectivity index (χ0v) is 19.3. The van der Waals surface area contributed by atoms with Crippen LogP contribution in [0.25, 0.3) is 11.0 Å². The van der Waals surface area contributed by atoms with Gasteiger partial charge in [0.1, 0.15) is 17.5 Å². The third-order valence-corrected chi connectivity index (χ3v) is 5.13. The number of H-pyrrole nitrogens is 1. The number of fused-ring (bicyclic) bond motifs is 1. The molecule has 0 unspecified atom stereocenters. The molecule has 0 aliphatic rings. The van der Waals surface area contributed by atoms with Crippen molar-refractivity contribution < 1.29 is 33.4 Å². The van der Waals surface area contributed by atoms with Crippen molar-refractivity contribution in [2.75, 3.05) is 18.9 Å². The summed E-state index contributed by atoms with van der Waals surface area (Å²) >= 11 is 0. The molecule has 35 heavy (non-hydrogen) atoms. The third kappa shape index (κ3) is 6.22. The summed E-state index contributed by atoms with van der Waals surface area (Å²) in [6.45, 7) is 3.56. The molecular formula is C23H26FN5O6. The Bertz CT molecular complexity index is 1240. The van der Waals surface area contributed by atoms with Crippen LogP contribution < -0.4 is 11.1 Å². The second-order valence-corrected chi connectivity index (χ2v) is 7.55. The largest absolute Gasteiger partial charge is 0.493 e. The van der Waals surface area contributed by atoms with Gasteiger partial charge in [0.05, 0.1) is 18.6 Å². The number of hydrogen-bond acceptors (Lipinski definition) is 9. The first-order valence-corrected chi connectivity index (χ1v) is 11.0. The molecule has 1 atom stereocenters. The van der Waals surface area contributed by atoms with Crippen LogP contribution in [0.3, 0.4) is 0 Å². The second kappa shape index (κ2) is 11.3. The monoisotopic (exact) mass is 487 g/mol. The molecule has 0 saturated heterocycles. The molecule has 3 aromatic rings. The summed E-state index contributed by atoms with van der Waals surface area (Å²) in [5, 5.41) is 12.9. The van der Waals surface area contributed by atoms with Gasteiger partial charge in [-0.3, -0.25) is 9.59 Å². The number of nitrogens with zero attached hydrogens (tertiary/aromatic N) is 2. The van der Waals surface area contributed by atoms with Gasteiger partial charge in [-0.2, -0.15) is 9.97 Å². The molecule has 2 aromatic heterocycles. The van der Waals surface area contributed by atoms with E-state index in [2.05, 4.69) is 20.3 Å². The van der Waals surface area contributed by atoms with E-state index in [1.807, 2.05) is 0 Å². The third-order valence-electron chi connectivity index (χ3n) is 5.13. The Balaban J connectivity index is 1.74. The van der Waals surface area contributed by atoms with Gasteiger partial charge in [-0.1, -0.05) is 6.07 Å². The first kappa shape index (κ1) is 25.4. The lowest BCUT2D eigenvalue weighted by Gasteiger charge is -2.17. The summed E-state index contributed by atoms with van der Waals surface area (Å²) in [5.74, 6) is -3.01. The number of aromatic nitrogens is 3. The predicted octanol–water partition coefficient (Wildman–Crippen LogP) is 1.98. The van der Waals surface area contributed by atoms with Crippen molar-refractivity contribution in [2.24, 2.45) is 0 Å². The van der Waals surface area contributed by atoms with Gasteiger partial charge in [-0.25, -0.2) is 9.18 Å². The predicted molar refractivity (Wildman–Crippen MR) is 123 cm³/mol. The summed E-state index contributed by atoms with van der Waals surface area (Å²) < 4.78 is 24.7. The molecule has 3 rings (SSSR count). The Morgan fingerprint density at radius 2 is 1.91 bits per heavy atom. The standard InChI is InChI=1S/C23H26FN5O6/c1-3-34-17(30)8-7-16(22(33)35-4-2)27-20(31)13-6-5-12(15(24)10-13)9-14-11-26-19-18(14)21(32)29-23(25)28-19/h5-6,10-11,16H,3-4,7-9H2,1-2H3,(H,27,31)(H4,25,26,28,29,32)/t16-/m1/s1. The Hall–Kier alpha value is -4.22. The van der Waals surface area contributed by atoms with Crippen LogP contribution in [0.1, 0.15) is 48.2 Å². The van der Waals surface area contributed by atoms with Crippen LogP contribution in [-0.4, -0.2) is 57.2 Å². The second-order valence-electron chi connectivity index (χ2n) is 7.55. The van der Waals surface area contributed by atoms with E-state index >= 15 is 0 Å². The molecule has 0 bridgehead atoms. The lowest BCUT2D eigenvalue weighted by molar-refractivity contribution is -0.146. The van der Waals surface area contributed by atoms with Crippen molar-refractivity contribution >= 4 is 34.8 Å². The fraction of sp³-hybridized carbons (Fsp3) is 0.348. The summed E-state index contributed by atoms with van der Waals surface area (Å²) in [5.41, 5.74) is 6.61. The van der Waals surface area contributed by atoms with Gasteiger partial charge in [0, 0.05) is 24.6 Å². The number of nitrogens with one attached hydrogen (secondary N) is 2. The molecule has 0 saturated carbocycles. The molecular weight excluding hydrogens is 461 g/mol. The SMILES string of the molecule is CCOC(=O)CC[C@@H](NC(=O)c1ccc(Cc2c[nH]c3nc(N)nc(O)c23)c(F)c1)C(=O)OCC. The van der Waals surface area contributed by atoms with Gasteiger partial charge in [-0.05, 0) is 43.5 Å². The molecule has 0 aliphatic heterocycles. The van der Waals surface area contributed by atoms with Crippen LogP contribution in [0.4, 0.5) is 10.3 Å². The number of ether oxygens (including phenoxy) is 2. The maximum atomic E-state index is 14.9. The number of benzene rings is 1. The average Bonchev–Trinajstić information content (AvgIpc) is 3.20. The number of carbonyl (C=O) groups is 3. The van der Waals surface area contributed by atoms with Crippen molar-refractivity contribution in [3.05, 3.63) is 46.9 Å². The summed E-state index contributed by atoms with van der Waals surface area (Å²) in [6.07, 6.45) is 1.52. The topological polar surface area (TPSA) is 170 Å². The molecule has 0 spiro atoms. The molecule has 12 heteroatoms. The van der Waals surface area contributed by atoms with E-state index < -0.39 is 29.7 Å². The van der Waals surface area contributed by atoms with Gasteiger partial charge in [-0.15, -0.1) is 0 Å². The average molecular weight is 487 g/mol. The van der Waals surface area contributed by atoms with Crippen molar-refractivity contribution in [1.82, 2.24) is 20.3 Å². The molecule has 0 radical (unpaired) electrons. The van der Waals surface area contributed by atoms with Crippen LogP contribution in [0.15, 0.2) is 24.4 Å². The summed E-state index contributed by atoms with van der Waals surface area (Å²) in [7, 11) is 0. The van der Waals surface area contributed by atoms with Gasteiger partial charge in [0.15, 0.2) is 0 Å². The maximum Gasteiger partial charge on any atom is 0.328 e. The molecule has 2 heterocycles. The molecule has 11 nitrogen and oxygen atoms in total. The summed E-state index contributed by atoms with van der Waals surface area (Å²) in [4.78, 5) is 47.1. The number of anilines is 1. The minimum absolute atomic E-state index is 0.0189. The van der Waals surface area contributed by atoms with E-state index in [4.69, 9.17) is 15.2 Å². The highest BCUT2D eigenvalue weighted by Gasteiger charge is 2.24. The highest BCUT2D eigenvalue weighted by molar-refractivity contribution is 5.97. The smallest absolute Gasteiger partial charge is 0.328 e. The van der Waals surface area contributed by atoms with E-state index in [9.17, 15) is 23.9 Å². The van der Waals surface area contributed by atoms with Crippen LogP contribution in [0.2, 0.25) is 0 Å². The molecule has 1 aromatic carbocycles. The molecule has 0 fully saturated rings. The minimum Gasteiger partial charge on any atom is -0.493 e. The van der Waals surface area contributed by atoms with Crippen molar-refractivity contribution in [2.45, 2.75) is 39.2 Å². The number of halogens is 1. The van der Waals surface area contributed by atoms with E-state index in [0.29, 0.717) is 16.6 Å². The number of aromatic hydroxyl groups is 1. The highest BCUT2D eigenvalue weighted by Crippen LogP contribution is 2.28. The normalized spacial score (nSPS) is 11.7. The van der Waals surface area contributed by atoms with E-state index in [1.165, 1.54) is 12.1 Å². The highest BCUT2D eigenvalue weighted by atomic mass is 19.1.